The molecule has 0 N–H and O–H groups in total. The first-order valence-corrected chi connectivity index (χ1v) is 24.2. The first kappa shape index (κ1) is 39.9. The zero-order valence-corrected chi connectivity index (χ0v) is 38.3. The van der Waals surface area contributed by atoms with Gasteiger partial charge in [0.2, 0.25) is 0 Å². The summed E-state index contributed by atoms with van der Waals surface area (Å²) in [7, 11) is 0. The van der Waals surface area contributed by atoms with Crippen molar-refractivity contribution in [2.75, 3.05) is 9.80 Å². The third kappa shape index (κ3) is 5.88. The Kier molecular flexibility index (Phi) is 9.11. The summed E-state index contributed by atoms with van der Waals surface area (Å²) in [6.07, 6.45) is 0. The van der Waals surface area contributed by atoms with Gasteiger partial charge in [-0.3, -0.25) is 0 Å². The molecule has 1 heterocycles. The van der Waals surface area contributed by atoms with Gasteiger partial charge >= 0.3 is 0 Å². The number of rotatable bonds is 8. The molecule has 0 radical (unpaired) electrons. The fourth-order valence-corrected chi connectivity index (χ4v) is 12.0. The van der Waals surface area contributed by atoms with E-state index in [0.717, 1.165) is 45.3 Å². The summed E-state index contributed by atoms with van der Waals surface area (Å²) in [5.74, 6) is 0. The van der Waals surface area contributed by atoms with Gasteiger partial charge in [-0.1, -0.05) is 194 Å². The molecular weight excluding hydrogens is 847 g/mol. The van der Waals surface area contributed by atoms with E-state index < -0.39 is 5.41 Å². The molecule has 70 heavy (non-hydrogen) atoms. The van der Waals surface area contributed by atoms with Crippen LogP contribution in [0.1, 0.15) is 22.3 Å². The standard InChI is InChI=1S/C67H45N3/c1-5-22-46(23-6-1)52-30-15-19-37-62(52)69(48-26-9-3-10-27-48)64-39-21-34-58-54-32-14-18-36-60(54)67(66(58)64)59-35-17-13-31-53(59)55-42-40-50(44-61(55)67)68(47-24-7-2-8-25-47)51-41-43-57-56-33-16-20-38-63(56)70(65(57)45-51)49-28-11-4-12-29-49/h1-45H. The van der Waals surface area contributed by atoms with Gasteiger partial charge in [-0.25, -0.2) is 0 Å². The van der Waals surface area contributed by atoms with Crippen LogP contribution in [0.25, 0.3) is 60.9 Å². The number of hydrogen-bond donors (Lipinski definition) is 0. The highest BCUT2D eigenvalue weighted by Crippen LogP contribution is 2.66. The molecule has 0 aliphatic heterocycles. The number of hydrogen-bond acceptors (Lipinski definition) is 2. The van der Waals surface area contributed by atoms with Crippen molar-refractivity contribution in [2.24, 2.45) is 0 Å². The van der Waals surface area contributed by atoms with Crippen LogP contribution in [0.2, 0.25) is 0 Å². The van der Waals surface area contributed by atoms with E-state index in [2.05, 4.69) is 287 Å². The van der Waals surface area contributed by atoms with Crippen LogP contribution in [0.3, 0.4) is 0 Å². The Hall–Kier alpha value is -9.18. The molecule has 1 atom stereocenters. The van der Waals surface area contributed by atoms with Crippen molar-refractivity contribution in [3.05, 3.63) is 295 Å². The predicted octanol–water partition coefficient (Wildman–Crippen LogP) is 17.7. The van der Waals surface area contributed by atoms with E-state index in [-0.39, 0.29) is 0 Å². The van der Waals surface area contributed by atoms with Crippen LogP contribution in [0.4, 0.5) is 34.1 Å². The summed E-state index contributed by atoms with van der Waals surface area (Å²) in [5.41, 5.74) is 22.0. The molecule has 0 saturated carbocycles. The van der Waals surface area contributed by atoms with Crippen LogP contribution >= 0.6 is 0 Å². The molecule has 3 heteroatoms. The lowest BCUT2D eigenvalue weighted by atomic mass is 9.69. The quantitative estimate of drug-likeness (QED) is 0.151. The van der Waals surface area contributed by atoms with Gasteiger partial charge in [-0.05, 0) is 123 Å². The van der Waals surface area contributed by atoms with Crippen molar-refractivity contribution in [3.63, 3.8) is 0 Å². The van der Waals surface area contributed by atoms with Gasteiger partial charge in [0.25, 0.3) is 0 Å². The van der Waals surface area contributed by atoms with Crippen LogP contribution in [0.15, 0.2) is 273 Å². The first-order valence-electron chi connectivity index (χ1n) is 24.2. The highest BCUT2D eigenvalue weighted by atomic mass is 15.2. The zero-order chi connectivity index (χ0) is 46.2. The van der Waals surface area contributed by atoms with Gasteiger partial charge in [0.1, 0.15) is 0 Å². The normalized spacial score (nSPS) is 14.1. The Bertz CT molecular complexity index is 3940. The second-order valence-corrected chi connectivity index (χ2v) is 18.4. The molecule has 0 amide bonds. The summed E-state index contributed by atoms with van der Waals surface area (Å²) in [6.45, 7) is 0. The van der Waals surface area contributed by atoms with Crippen molar-refractivity contribution < 1.29 is 0 Å². The van der Waals surface area contributed by atoms with Crippen LogP contribution < -0.4 is 9.80 Å². The van der Waals surface area contributed by atoms with E-state index in [1.807, 2.05) is 0 Å². The Morgan fingerprint density at radius 3 is 1.51 bits per heavy atom. The SMILES string of the molecule is c1ccc(-c2ccccc2N(c2ccccc2)c2cccc3c2C2(c4ccccc4-c4ccc(N(c5ccccc5)c5ccc6c7ccccc7n(-c7ccccc7)c6c5)cc42)c2ccccc2-3)cc1. The van der Waals surface area contributed by atoms with Crippen LogP contribution in [-0.2, 0) is 5.41 Å². The molecule has 14 rings (SSSR count). The average Bonchev–Trinajstić information content (AvgIpc) is 4.04. The first-order chi connectivity index (χ1) is 34.8. The van der Waals surface area contributed by atoms with E-state index in [1.165, 1.54) is 71.9 Å². The third-order valence-corrected chi connectivity index (χ3v) is 14.8. The summed E-state index contributed by atoms with van der Waals surface area (Å²) in [6, 6.07) is 100. The Balaban J connectivity index is 1.05. The van der Waals surface area contributed by atoms with Gasteiger partial charge in [-0.15, -0.1) is 0 Å². The molecule has 2 aliphatic rings. The number of nitrogens with zero attached hydrogens (tertiary/aromatic N) is 3. The van der Waals surface area contributed by atoms with Crippen molar-refractivity contribution in [1.29, 1.82) is 0 Å². The number of benzene rings is 11. The molecule has 11 aromatic carbocycles. The van der Waals surface area contributed by atoms with Crippen LogP contribution in [0.5, 0.6) is 0 Å². The predicted molar refractivity (Wildman–Crippen MR) is 292 cm³/mol. The zero-order valence-electron chi connectivity index (χ0n) is 38.3. The van der Waals surface area contributed by atoms with Crippen LogP contribution in [0, 0.1) is 0 Å². The molecule has 12 aromatic rings. The lowest BCUT2D eigenvalue weighted by Gasteiger charge is -2.37. The number of anilines is 6. The summed E-state index contributed by atoms with van der Waals surface area (Å²) >= 11 is 0. The van der Waals surface area contributed by atoms with Crippen molar-refractivity contribution in [3.8, 4) is 39.1 Å². The third-order valence-electron chi connectivity index (χ3n) is 14.8. The van der Waals surface area contributed by atoms with Gasteiger partial charge in [0.05, 0.1) is 27.8 Å². The van der Waals surface area contributed by atoms with Crippen molar-refractivity contribution in [2.45, 2.75) is 5.41 Å². The lowest BCUT2D eigenvalue weighted by Crippen LogP contribution is -2.28. The van der Waals surface area contributed by atoms with Crippen molar-refractivity contribution in [1.82, 2.24) is 4.57 Å². The van der Waals surface area contributed by atoms with Gasteiger partial charge in [0.15, 0.2) is 0 Å². The smallest absolute Gasteiger partial charge is 0.0746 e. The highest BCUT2D eigenvalue weighted by Gasteiger charge is 2.53. The minimum Gasteiger partial charge on any atom is -0.310 e. The molecule has 0 fully saturated rings. The largest absolute Gasteiger partial charge is 0.310 e. The second kappa shape index (κ2) is 16.0. The number of para-hydroxylation sites is 5. The molecule has 2 aliphatic carbocycles. The maximum Gasteiger partial charge on any atom is 0.0746 e. The second-order valence-electron chi connectivity index (χ2n) is 18.4. The van der Waals surface area contributed by atoms with E-state index in [9.17, 15) is 0 Å². The number of aromatic nitrogens is 1. The average molecular weight is 892 g/mol. The van der Waals surface area contributed by atoms with E-state index >= 15 is 0 Å². The molecule has 328 valence electrons. The molecular formula is C67H45N3. The van der Waals surface area contributed by atoms with Gasteiger partial charge in [-0.2, -0.15) is 0 Å². The Morgan fingerprint density at radius 2 is 0.786 bits per heavy atom. The summed E-state index contributed by atoms with van der Waals surface area (Å²) < 4.78 is 2.41. The maximum atomic E-state index is 2.51. The summed E-state index contributed by atoms with van der Waals surface area (Å²) in [5, 5.41) is 2.46. The molecule has 3 nitrogen and oxygen atoms in total. The van der Waals surface area contributed by atoms with E-state index in [4.69, 9.17) is 0 Å². The molecule has 1 spiro atoms. The van der Waals surface area contributed by atoms with E-state index in [0.29, 0.717) is 0 Å². The molecule has 0 saturated heterocycles. The van der Waals surface area contributed by atoms with Gasteiger partial charge in [0, 0.05) is 50.3 Å². The Labute approximate surface area is 408 Å². The fourth-order valence-electron chi connectivity index (χ4n) is 12.0. The monoisotopic (exact) mass is 891 g/mol. The Morgan fingerprint density at radius 1 is 0.286 bits per heavy atom. The highest BCUT2D eigenvalue weighted by molar-refractivity contribution is 6.10. The topological polar surface area (TPSA) is 11.4 Å². The summed E-state index contributed by atoms with van der Waals surface area (Å²) in [4.78, 5) is 4.96. The molecule has 1 unspecified atom stereocenters. The molecule has 0 bridgehead atoms. The fraction of sp³-hybridized carbons (Fsp3) is 0.0149. The minimum absolute atomic E-state index is 0.661. The van der Waals surface area contributed by atoms with E-state index in [1.54, 1.807) is 0 Å². The molecule has 1 aromatic heterocycles. The minimum atomic E-state index is -0.661. The number of fused-ring (bicyclic) bond motifs is 13. The lowest BCUT2D eigenvalue weighted by molar-refractivity contribution is 0.793. The van der Waals surface area contributed by atoms with Gasteiger partial charge < -0.3 is 14.4 Å². The van der Waals surface area contributed by atoms with Crippen molar-refractivity contribution >= 4 is 55.9 Å². The van der Waals surface area contributed by atoms with Crippen LogP contribution in [-0.4, -0.2) is 4.57 Å². The maximum absolute atomic E-state index is 2.51.